The van der Waals surface area contributed by atoms with Gasteiger partial charge >= 0.3 is 0 Å². The second-order valence-corrected chi connectivity index (χ2v) is 7.37. The molecule has 3 heteroatoms. The smallest absolute Gasteiger partial charge is 0.0359 e. The van der Waals surface area contributed by atoms with Crippen LogP contribution in [0.2, 0.25) is 0 Å². The normalized spacial score (nSPS) is 16.8. The Balaban J connectivity index is 0.00000220. The van der Waals surface area contributed by atoms with Gasteiger partial charge in [-0.15, -0.1) is 12.4 Å². The van der Waals surface area contributed by atoms with Crippen LogP contribution in [0, 0.1) is 0 Å². The topological polar surface area (TPSA) is 29.3 Å². The lowest BCUT2D eigenvalue weighted by Crippen LogP contribution is -2.33. The molecule has 0 bridgehead atoms. The largest absolute Gasteiger partial charge is 0.398 e. The van der Waals surface area contributed by atoms with Crippen molar-refractivity contribution in [2.24, 2.45) is 0 Å². The van der Waals surface area contributed by atoms with E-state index in [2.05, 4.69) is 50.9 Å². The molecule has 0 atom stereocenters. The van der Waals surface area contributed by atoms with Gasteiger partial charge in [0.15, 0.2) is 0 Å². The standard InChI is InChI=1S/C18H30N2.ClH/c1-18(2,3)15-10-11-17(19)14(12-15)13-20(4)16-8-6-5-7-9-16;/h10-12,16H,5-9,13,19H2,1-4H3;1H. The summed E-state index contributed by atoms with van der Waals surface area (Å²) in [5.41, 5.74) is 9.96. The fraction of sp³-hybridized carbons (Fsp3) is 0.667. The first-order valence-corrected chi connectivity index (χ1v) is 7.97. The van der Waals surface area contributed by atoms with Crippen LogP contribution in [0.1, 0.15) is 64.0 Å². The van der Waals surface area contributed by atoms with Crippen LogP contribution >= 0.6 is 12.4 Å². The molecular weight excluding hydrogens is 280 g/mol. The van der Waals surface area contributed by atoms with E-state index in [1.165, 1.54) is 43.2 Å². The van der Waals surface area contributed by atoms with Crippen molar-refractivity contribution in [1.29, 1.82) is 0 Å². The third kappa shape index (κ3) is 4.89. The summed E-state index contributed by atoms with van der Waals surface area (Å²) in [7, 11) is 2.25. The van der Waals surface area contributed by atoms with Crippen molar-refractivity contribution in [1.82, 2.24) is 4.90 Å². The lowest BCUT2D eigenvalue weighted by atomic mass is 9.85. The Hall–Kier alpha value is -0.730. The van der Waals surface area contributed by atoms with Crippen molar-refractivity contribution < 1.29 is 0 Å². The van der Waals surface area contributed by atoms with E-state index in [4.69, 9.17) is 5.73 Å². The molecule has 1 aromatic carbocycles. The van der Waals surface area contributed by atoms with Crippen molar-refractivity contribution >= 4 is 18.1 Å². The van der Waals surface area contributed by atoms with Gasteiger partial charge in [0, 0.05) is 18.3 Å². The minimum Gasteiger partial charge on any atom is -0.398 e. The number of nitrogen functional groups attached to an aromatic ring is 1. The van der Waals surface area contributed by atoms with Gasteiger partial charge in [0.2, 0.25) is 0 Å². The monoisotopic (exact) mass is 310 g/mol. The van der Waals surface area contributed by atoms with Gasteiger partial charge in [-0.3, -0.25) is 4.90 Å². The molecule has 0 heterocycles. The number of hydrogen-bond acceptors (Lipinski definition) is 2. The molecule has 1 fully saturated rings. The van der Waals surface area contributed by atoms with Gasteiger partial charge in [0.05, 0.1) is 0 Å². The van der Waals surface area contributed by atoms with Crippen molar-refractivity contribution in [3.63, 3.8) is 0 Å². The van der Waals surface area contributed by atoms with E-state index in [0.29, 0.717) is 0 Å². The Morgan fingerprint density at radius 1 is 1.14 bits per heavy atom. The molecule has 2 rings (SSSR count). The Kier molecular flexibility index (Phi) is 6.55. The molecule has 1 aliphatic carbocycles. The second kappa shape index (κ2) is 7.51. The summed E-state index contributed by atoms with van der Waals surface area (Å²) in [5, 5.41) is 0. The Morgan fingerprint density at radius 2 is 1.76 bits per heavy atom. The molecule has 0 radical (unpaired) electrons. The molecule has 0 spiro atoms. The number of benzene rings is 1. The van der Waals surface area contributed by atoms with Gasteiger partial charge in [-0.1, -0.05) is 52.2 Å². The van der Waals surface area contributed by atoms with Crippen LogP contribution in [0.3, 0.4) is 0 Å². The quantitative estimate of drug-likeness (QED) is 0.816. The van der Waals surface area contributed by atoms with Crippen molar-refractivity contribution in [3.05, 3.63) is 29.3 Å². The van der Waals surface area contributed by atoms with Gasteiger partial charge in [0.1, 0.15) is 0 Å². The summed E-state index contributed by atoms with van der Waals surface area (Å²) in [6.45, 7) is 7.74. The first-order valence-electron chi connectivity index (χ1n) is 7.97. The van der Waals surface area contributed by atoms with Crippen LogP contribution in [-0.4, -0.2) is 18.0 Å². The maximum absolute atomic E-state index is 6.18. The highest BCUT2D eigenvalue weighted by Crippen LogP contribution is 2.28. The molecule has 21 heavy (non-hydrogen) atoms. The van der Waals surface area contributed by atoms with E-state index >= 15 is 0 Å². The Bertz CT molecular complexity index is 445. The van der Waals surface area contributed by atoms with E-state index in [9.17, 15) is 0 Å². The average molecular weight is 311 g/mol. The Labute approximate surface area is 136 Å². The first kappa shape index (κ1) is 18.3. The molecule has 120 valence electrons. The van der Waals surface area contributed by atoms with Crippen LogP contribution in [0.15, 0.2) is 18.2 Å². The van der Waals surface area contributed by atoms with E-state index in [0.717, 1.165) is 18.3 Å². The molecular formula is C18H31ClN2. The zero-order valence-electron chi connectivity index (χ0n) is 14.0. The lowest BCUT2D eigenvalue weighted by molar-refractivity contribution is 0.185. The molecule has 1 saturated carbocycles. The molecule has 0 aliphatic heterocycles. The van der Waals surface area contributed by atoms with E-state index < -0.39 is 0 Å². The lowest BCUT2D eigenvalue weighted by Gasteiger charge is -2.32. The van der Waals surface area contributed by atoms with E-state index in [-0.39, 0.29) is 17.8 Å². The summed E-state index contributed by atoms with van der Waals surface area (Å²) in [6.07, 6.45) is 6.86. The van der Waals surface area contributed by atoms with Crippen LogP contribution in [0.4, 0.5) is 5.69 Å². The number of nitrogens with zero attached hydrogens (tertiary/aromatic N) is 1. The summed E-state index contributed by atoms with van der Waals surface area (Å²) in [6, 6.07) is 7.28. The SMILES string of the molecule is CN(Cc1cc(C(C)(C)C)ccc1N)C1CCCCC1.Cl. The minimum absolute atomic E-state index is 0. The molecule has 1 aromatic rings. The molecule has 0 aromatic heterocycles. The Morgan fingerprint density at radius 3 is 2.33 bits per heavy atom. The number of anilines is 1. The molecule has 0 unspecified atom stereocenters. The maximum Gasteiger partial charge on any atom is 0.0359 e. The summed E-state index contributed by atoms with van der Waals surface area (Å²) >= 11 is 0. The van der Waals surface area contributed by atoms with Crippen LogP contribution in [0.5, 0.6) is 0 Å². The molecule has 0 amide bonds. The fourth-order valence-corrected chi connectivity index (χ4v) is 3.13. The predicted octanol–water partition coefficient (Wildman–Crippen LogP) is 4.75. The van der Waals surface area contributed by atoms with Crippen LogP contribution in [0.25, 0.3) is 0 Å². The molecule has 0 saturated heterocycles. The zero-order valence-corrected chi connectivity index (χ0v) is 14.8. The average Bonchev–Trinajstić information content (AvgIpc) is 2.41. The summed E-state index contributed by atoms with van der Waals surface area (Å²) in [4.78, 5) is 2.50. The molecule has 1 aliphatic rings. The fourth-order valence-electron chi connectivity index (χ4n) is 3.13. The highest BCUT2D eigenvalue weighted by atomic mass is 35.5. The van der Waals surface area contributed by atoms with Gasteiger partial charge in [0.25, 0.3) is 0 Å². The van der Waals surface area contributed by atoms with Crippen molar-refractivity contribution in [2.75, 3.05) is 12.8 Å². The summed E-state index contributed by atoms with van der Waals surface area (Å²) < 4.78 is 0. The third-order valence-electron chi connectivity index (χ3n) is 4.63. The number of rotatable bonds is 3. The summed E-state index contributed by atoms with van der Waals surface area (Å²) in [5.74, 6) is 0. The van der Waals surface area contributed by atoms with Crippen molar-refractivity contribution in [3.8, 4) is 0 Å². The number of hydrogen-bond donors (Lipinski definition) is 1. The second-order valence-electron chi connectivity index (χ2n) is 7.37. The highest BCUT2D eigenvalue weighted by Gasteiger charge is 2.20. The van der Waals surface area contributed by atoms with Gasteiger partial charge in [-0.2, -0.15) is 0 Å². The first-order chi connectivity index (χ1) is 9.38. The van der Waals surface area contributed by atoms with Gasteiger partial charge < -0.3 is 5.73 Å². The van der Waals surface area contributed by atoms with Crippen molar-refractivity contribution in [2.45, 2.75) is 70.9 Å². The molecule has 2 N–H and O–H groups in total. The number of halogens is 1. The van der Waals surface area contributed by atoms with Crippen LogP contribution < -0.4 is 5.73 Å². The maximum atomic E-state index is 6.18. The van der Waals surface area contributed by atoms with Gasteiger partial charge in [-0.05, 0) is 42.5 Å². The number of nitrogens with two attached hydrogens (primary N) is 1. The zero-order chi connectivity index (χ0) is 14.8. The van der Waals surface area contributed by atoms with E-state index in [1.807, 2.05) is 0 Å². The third-order valence-corrected chi connectivity index (χ3v) is 4.63. The van der Waals surface area contributed by atoms with Gasteiger partial charge in [-0.25, -0.2) is 0 Å². The highest BCUT2D eigenvalue weighted by molar-refractivity contribution is 5.85. The molecule has 2 nitrogen and oxygen atoms in total. The van der Waals surface area contributed by atoms with Crippen LogP contribution in [-0.2, 0) is 12.0 Å². The van der Waals surface area contributed by atoms with E-state index in [1.54, 1.807) is 0 Å². The predicted molar refractivity (Wildman–Crippen MR) is 95.1 cm³/mol. The minimum atomic E-state index is 0.